The molecule has 0 aromatic carbocycles. The van der Waals surface area contributed by atoms with Crippen LogP contribution >= 0.6 is 0 Å². The van der Waals surface area contributed by atoms with Crippen molar-refractivity contribution in [3.8, 4) is 0 Å². The summed E-state index contributed by atoms with van der Waals surface area (Å²) in [6, 6.07) is 0. The quantitative estimate of drug-likeness (QED) is 0.704. The summed E-state index contributed by atoms with van der Waals surface area (Å²) in [6.07, 6.45) is 7.99. The van der Waals surface area contributed by atoms with E-state index in [-0.39, 0.29) is 11.8 Å². The fourth-order valence-corrected chi connectivity index (χ4v) is 2.33. The molecule has 1 aliphatic carbocycles. The lowest BCUT2D eigenvalue weighted by molar-refractivity contribution is -0.126. The predicted molar refractivity (Wildman–Crippen MR) is 65.0 cm³/mol. The number of hydrogen-bond acceptors (Lipinski definition) is 2. The molecule has 0 aromatic heterocycles. The maximum absolute atomic E-state index is 11.9. The van der Waals surface area contributed by atoms with Gasteiger partial charge < -0.3 is 10.6 Å². The standard InChI is InChI=1S/C13H22N2O/c1-10(12-8-14-9-12)13(16)15-7-11-5-3-2-4-6-11/h2-3,10-12,14H,4-9H2,1H3,(H,15,16). The van der Waals surface area contributed by atoms with E-state index in [1.807, 2.05) is 6.92 Å². The molecule has 1 amide bonds. The van der Waals surface area contributed by atoms with E-state index in [4.69, 9.17) is 0 Å². The van der Waals surface area contributed by atoms with Gasteiger partial charge in [0, 0.05) is 12.5 Å². The molecule has 2 atom stereocenters. The molecule has 90 valence electrons. The second kappa shape index (κ2) is 5.48. The van der Waals surface area contributed by atoms with Gasteiger partial charge in [-0.2, -0.15) is 0 Å². The van der Waals surface area contributed by atoms with Crippen molar-refractivity contribution in [2.45, 2.75) is 26.2 Å². The van der Waals surface area contributed by atoms with Crippen LogP contribution in [0.5, 0.6) is 0 Å². The molecule has 3 heteroatoms. The monoisotopic (exact) mass is 222 g/mol. The molecule has 1 heterocycles. The Labute approximate surface area is 97.7 Å². The second-order valence-electron chi connectivity index (χ2n) is 5.10. The minimum atomic E-state index is 0.167. The summed E-state index contributed by atoms with van der Waals surface area (Å²) in [4.78, 5) is 11.9. The number of allylic oxidation sites excluding steroid dienone is 2. The SMILES string of the molecule is CC(C(=O)NCC1CC=CCC1)C1CNC1. The van der Waals surface area contributed by atoms with Gasteiger partial charge in [-0.15, -0.1) is 0 Å². The maximum Gasteiger partial charge on any atom is 0.223 e. The van der Waals surface area contributed by atoms with Gasteiger partial charge in [0.05, 0.1) is 0 Å². The Hall–Kier alpha value is -0.830. The number of carbonyl (C=O) groups excluding carboxylic acids is 1. The topological polar surface area (TPSA) is 41.1 Å². The van der Waals surface area contributed by atoms with Gasteiger partial charge in [0.25, 0.3) is 0 Å². The van der Waals surface area contributed by atoms with Crippen LogP contribution in [0.4, 0.5) is 0 Å². The first-order valence-electron chi connectivity index (χ1n) is 6.41. The van der Waals surface area contributed by atoms with Gasteiger partial charge in [0.2, 0.25) is 5.91 Å². The van der Waals surface area contributed by atoms with Crippen LogP contribution in [0, 0.1) is 17.8 Å². The molecule has 3 nitrogen and oxygen atoms in total. The molecule has 2 aliphatic rings. The zero-order valence-electron chi connectivity index (χ0n) is 10.0. The summed E-state index contributed by atoms with van der Waals surface area (Å²) >= 11 is 0. The molecule has 2 unspecified atom stereocenters. The van der Waals surface area contributed by atoms with Crippen LogP contribution in [0.25, 0.3) is 0 Å². The van der Waals surface area contributed by atoms with E-state index in [0.29, 0.717) is 11.8 Å². The number of hydrogen-bond donors (Lipinski definition) is 2. The first kappa shape index (κ1) is 11.6. The highest BCUT2D eigenvalue weighted by molar-refractivity contribution is 5.78. The third-order valence-electron chi connectivity index (χ3n) is 3.88. The lowest BCUT2D eigenvalue weighted by Crippen LogP contribution is -2.50. The highest BCUT2D eigenvalue weighted by atomic mass is 16.1. The van der Waals surface area contributed by atoms with Crippen LogP contribution in [0.1, 0.15) is 26.2 Å². The van der Waals surface area contributed by atoms with Gasteiger partial charge in [-0.25, -0.2) is 0 Å². The summed E-state index contributed by atoms with van der Waals surface area (Å²) in [5.41, 5.74) is 0. The predicted octanol–water partition coefficient (Wildman–Crippen LogP) is 1.31. The van der Waals surface area contributed by atoms with Crippen LogP contribution < -0.4 is 10.6 Å². The second-order valence-corrected chi connectivity index (χ2v) is 5.10. The van der Waals surface area contributed by atoms with Crippen molar-refractivity contribution < 1.29 is 4.79 Å². The molecule has 1 saturated heterocycles. The molecule has 2 rings (SSSR count). The van der Waals surface area contributed by atoms with Crippen LogP contribution in [0.2, 0.25) is 0 Å². The minimum Gasteiger partial charge on any atom is -0.356 e. The van der Waals surface area contributed by atoms with Gasteiger partial charge in [0.1, 0.15) is 0 Å². The van der Waals surface area contributed by atoms with Gasteiger partial charge in [-0.3, -0.25) is 4.79 Å². The lowest BCUT2D eigenvalue weighted by Gasteiger charge is -2.32. The fraction of sp³-hybridized carbons (Fsp3) is 0.769. The number of rotatable bonds is 4. The van der Waals surface area contributed by atoms with Gasteiger partial charge >= 0.3 is 0 Å². The third-order valence-corrected chi connectivity index (χ3v) is 3.88. The molecule has 0 saturated carbocycles. The Bertz CT molecular complexity index is 271. The van der Waals surface area contributed by atoms with Gasteiger partial charge in [-0.05, 0) is 44.2 Å². The van der Waals surface area contributed by atoms with E-state index in [2.05, 4.69) is 22.8 Å². The summed E-state index contributed by atoms with van der Waals surface area (Å²) in [7, 11) is 0. The van der Waals surface area contributed by atoms with Crippen LogP contribution in [-0.4, -0.2) is 25.5 Å². The first-order valence-corrected chi connectivity index (χ1v) is 6.41. The van der Waals surface area contributed by atoms with Gasteiger partial charge in [0.15, 0.2) is 0 Å². The number of nitrogens with one attached hydrogen (secondary N) is 2. The summed E-state index contributed by atoms with van der Waals surface area (Å²) in [6.45, 7) is 4.90. The summed E-state index contributed by atoms with van der Waals surface area (Å²) < 4.78 is 0. The van der Waals surface area contributed by atoms with Crippen LogP contribution in [-0.2, 0) is 4.79 Å². The Morgan fingerprint density at radius 2 is 2.31 bits per heavy atom. The Morgan fingerprint density at radius 3 is 2.88 bits per heavy atom. The lowest BCUT2D eigenvalue weighted by atomic mass is 9.88. The summed E-state index contributed by atoms with van der Waals surface area (Å²) in [5, 5.41) is 6.31. The summed E-state index contributed by atoms with van der Waals surface area (Å²) in [5.74, 6) is 1.60. The first-order chi connectivity index (χ1) is 7.77. The highest BCUT2D eigenvalue weighted by Crippen LogP contribution is 2.18. The Balaban J connectivity index is 1.68. The zero-order valence-corrected chi connectivity index (χ0v) is 10.0. The number of amides is 1. The van der Waals surface area contributed by atoms with Crippen LogP contribution in [0.3, 0.4) is 0 Å². The molecule has 1 aliphatic heterocycles. The normalized spacial score (nSPS) is 27.2. The van der Waals surface area contributed by atoms with Gasteiger partial charge in [-0.1, -0.05) is 19.1 Å². The molecule has 0 radical (unpaired) electrons. The molecule has 1 fully saturated rings. The van der Waals surface area contributed by atoms with Crippen molar-refractivity contribution >= 4 is 5.91 Å². The molecule has 2 N–H and O–H groups in total. The molecular formula is C13H22N2O. The molecule has 0 bridgehead atoms. The molecule has 0 aromatic rings. The maximum atomic E-state index is 11.9. The molecular weight excluding hydrogens is 200 g/mol. The number of carbonyl (C=O) groups is 1. The highest BCUT2D eigenvalue weighted by Gasteiger charge is 2.28. The zero-order chi connectivity index (χ0) is 11.4. The molecule has 16 heavy (non-hydrogen) atoms. The average molecular weight is 222 g/mol. The Kier molecular flexibility index (Phi) is 3.99. The van der Waals surface area contributed by atoms with E-state index in [0.717, 1.165) is 26.1 Å². The smallest absolute Gasteiger partial charge is 0.223 e. The van der Waals surface area contributed by atoms with Crippen molar-refractivity contribution in [3.63, 3.8) is 0 Å². The Morgan fingerprint density at radius 1 is 1.50 bits per heavy atom. The minimum absolute atomic E-state index is 0.167. The average Bonchev–Trinajstić information content (AvgIpc) is 2.25. The molecule has 0 spiro atoms. The van der Waals surface area contributed by atoms with Crippen molar-refractivity contribution in [2.24, 2.45) is 17.8 Å². The van der Waals surface area contributed by atoms with E-state index < -0.39 is 0 Å². The van der Waals surface area contributed by atoms with Crippen molar-refractivity contribution in [3.05, 3.63) is 12.2 Å². The van der Waals surface area contributed by atoms with E-state index in [1.54, 1.807) is 0 Å². The fourth-order valence-electron chi connectivity index (χ4n) is 2.33. The third kappa shape index (κ3) is 2.85. The van der Waals surface area contributed by atoms with Crippen molar-refractivity contribution in [1.82, 2.24) is 10.6 Å². The largest absolute Gasteiger partial charge is 0.356 e. The van der Waals surface area contributed by atoms with E-state index in [1.165, 1.54) is 12.8 Å². The van der Waals surface area contributed by atoms with Crippen molar-refractivity contribution in [2.75, 3.05) is 19.6 Å². The van der Waals surface area contributed by atoms with E-state index in [9.17, 15) is 4.79 Å². The van der Waals surface area contributed by atoms with Crippen LogP contribution in [0.15, 0.2) is 12.2 Å². The van der Waals surface area contributed by atoms with Crippen molar-refractivity contribution in [1.29, 1.82) is 0 Å². The van der Waals surface area contributed by atoms with E-state index >= 15 is 0 Å².